The number of halogens is 1. The molecule has 1 aromatic heterocycles. The number of aliphatic hydroxyl groups is 1. The molecule has 1 saturated heterocycles. The maximum atomic E-state index is 13.1. The Bertz CT molecular complexity index is 1260. The van der Waals surface area contributed by atoms with Crippen molar-refractivity contribution in [2.24, 2.45) is 10.7 Å². The van der Waals surface area contributed by atoms with Crippen molar-refractivity contribution in [1.82, 2.24) is 14.9 Å². The Labute approximate surface area is 233 Å². The van der Waals surface area contributed by atoms with Gasteiger partial charge in [-0.3, -0.25) is 9.79 Å². The molecule has 1 aliphatic rings. The van der Waals surface area contributed by atoms with E-state index < -0.39 is 17.1 Å². The van der Waals surface area contributed by atoms with Gasteiger partial charge in [0.05, 0.1) is 22.2 Å². The van der Waals surface area contributed by atoms with Gasteiger partial charge < -0.3 is 31.5 Å². The summed E-state index contributed by atoms with van der Waals surface area (Å²) in [5.41, 5.74) is 11.9. The number of carbonyl (C=O) groups is 2. The van der Waals surface area contributed by atoms with Gasteiger partial charge in [-0.25, -0.2) is 14.8 Å². The first-order valence-corrected chi connectivity index (χ1v) is 12.9. The highest BCUT2D eigenvalue weighted by atomic mass is 35.5. The number of hydrogen-bond acceptors (Lipinski definition) is 9. The maximum Gasteiger partial charge on any atom is 0.410 e. The Kier molecular flexibility index (Phi) is 9.18. The molecule has 210 valence electrons. The Morgan fingerprint density at radius 3 is 2.33 bits per heavy atom. The second-order valence-corrected chi connectivity index (χ2v) is 11.3. The summed E-state index contributed by atoms with van der Waals surface area (Å²) < 4.78 is 5.45. The van der Waals surface area contributed by atoms with Gasteiger partial charge in [0.15, 0.2) is 5.82 Å². The van der Waals surface area contributed by atoms with Crippen LogP contribution < -0.4 is 16.8 Å². The predicted octanol–water partition coefficient (Wildman–Crippen LogP) is 3.70. The number of aliphatic imine (C=N–C) groups is 1. The molecular formula is C27H36ClN7O4. The van der Waals surface area contributed by atoms with Gasteiger partial charge in [-0.2, -0.15) is 0 Å². The number of carbonyl (C=O) groups excluding carboxylic acids is 2. The average molecular weight is 558 g/mol. The number of likely N-dealkylation sites (tertiary alicyclic amines) is 1. The van der Waals surface area contributed by atoms with Crippen LogP contribution in [0.5, 0.6) is 0 Å². The van der Waals surface area contributed by atoms with Crippen LogP contribution in [-0.4, -0.2) is 62.9 Å². The number of ether oxygens (including phenoxy) is 1. The molecule has 0 spiro atoms. The van der Waals surface area contributed by atoms with Gasteiger partial charge in [0, 0.05) is 60.4 Å². The zero-order valence-electron chi connectivity index (χ0n) is 22.9. The summed E-state index contributed by atoms with van der Waals surface area (Å²) in [6, 6.07) is 3.24. The van der Waals surface area contributed by atoms with Crippen LogP contribution in [0, 0.1) is 0 Å². The lowest BCUT2D eigenvalue weighted by Crippen LogP contribution is -2.42. The molecule has 0 bridgehead atoms. The largest absolute Gasteiger partial charge is 0.444 e. The van der Waals surface area contributed by atoms with E-state index in [0.717, 1.165) is 6.20 Å². The molecule has 2 aromatic rings. The standard InChI is InChI=1S/C27H36ClN7O4/c1-26(2,3)39-25(37)35-8-6-18(7-9-35)31-13-16-10-22(20(11-21(16)30)27(4,5)38)34-24(36)19(12-29)23-32-14-17(28)15-33-23/h10-15,18,38H,6-9,29-30H2,1-5H3,(H,34,36). The van der Waals surface area contributed by atoms with E-state index >= 15 is 0 Å². The van der Waals surface area contributed by atoms with Crippen LogP contribution in [-0.2, 0) is 15.1 Å². The third kappa shape index (κ3) is 8.14. The molecule has 1 fully saturated rings. The third-order valence-corrected chi connectivity index (χ3v) is 6.14. The minimum Gasteiger partial charge on any atom is -0.444 e. The highest BCUT2D eigenvalue weighted by Crippen LogP contribution is 2.32. The Hall–Kier alpha value is -3.70. The van der Waals surface area contributed by atoms with E-state index in [-0.39, 0.29) is 23.5 Å². The van der Waals surface area contributed by atoms with Crippen molar-refractivity contribution in [3.05, 3.63) is 52.7 Å². The van der Waals surface area contributed by atoms with Gasteiger partial charge in [-0.1, -0.05) is 11.6 Å². The lowest BCUT2D eigenvalue weighted by atomic mass is 9.93. The van der Waals surface area contributed by atoms with E-state index in [4.69, 9.17) is 27.8 Å². The van der Waals surface area contributed by atoms with Gasteiger partial charge in [0.25, 0.3) is 5.91 Å². The fraction of sp³-hybridized carbons (Fsp3) is 0.444. The van der Waals surface area contributed by atoms with Crippen LogP contribution in [0.25, 0.3) is 5.57 Å². The normalized spacial score (nSPS) is 15.5. The van der Waals surface area contributed by atoms with Gasteiger partial charge in [0.1, 0.15) is 5.60 Å². The minimum absolute atomic E-state index is 0.0103. The Morgan fingerprint density at radius 2 is 1.79 bits per heavy atom. The number of hydrogen-bond donors (Lipinski definition) is 4. The van der Waals surface area contributed by atoms with Gasteiger partial charge >= 0.3 is 6.09 Å². The molecule has 3 rings (SSSR count). The molecule has 39 heavy (non-hydrogen) atoms. The van der Waals surface area contributed by atoms with Gasteiger partial charge in [-0.15, -0.1) is 0 Å². The van der Waals surface area contributed by atoms with Crippen LogP contribution in [0.2, 0.25) is 5.02 Å². The monoisotopic (exact) mass is 557 g/mol. The van der Waals surface area contributed by atoms with Crippen LogP contribution >= 0.6 is 11.6 Å². The molecule has 2 amide bonds. The first kappa shape index (κ1) is 29.9. The molecule has 1 aliphatic heterocycles. The smallest absolute Gasteiger partial charge is 0.410 e. The van der Waals surface area contributed by atoms with E-state index in [0.29, 0.717) is 53.5 Å². The summed E-state index contributed by atoms with van der Waals surface area (Å²) in [4.78, 5) is 39.9. The van der Waals surface area contributed by atoms with E-state index in [1.807, 2.05) is 20.8 Å². The van der Waals surface area contributed by atoms with Crippen molar-refractivity contribution in [3.8, 4) is 0 Å². The van der Waals surface area contributed by atoms with E-state index in [2.05, 4.69) is 20.3 Å². The van der Waals surface area contributed by atoms with Crippen molar-refractivity contribution in [2.75, 3.05) is 24.1 Å². The average Bonchev–Trinajstić information content (AvgIpc) is 2.84. The number of nitrogens with two attached hydrogens (primary N) is 2. The number of amides is 2. The summed E-state index contributed by atoms with van der Waals surface area (Å²) in [7, 11) is 0. The molecular weight excluding hydrogens is 522 g/mol. The lowest BCUT2D eigenvalue weighted by molar-refractivity contribution is -0.111. The summed E-state index contributed by atoms with van der Waals surface area (Å²) in [6.07, 6.45) is 6.49. The second-order valence-electron chi connectivity index (χ2n) is 10.8. The lowest BCUT2D eigenvalue weighted by Gasteiger charge is -2.32. The highest BCUT2D eigenvalue weighted by Gasteiger charge is 2.27. The highest BCUT2D eigenvalue weighted by molar-refractivity contribution is 6.30. The maximum absolute atomic E-state index is 13.1. The van der Waals surface area contributed by atoms with Crippen molar-refractivity contribution in [3.63, 3.8) is 0 Å². The zero-order chi connectivity index (χ0) is 29.0. The number of aromatic nitrogens is 2. The number of nitrogens with one attached hydrogen (secondary N) is 1. The van der Waals surface area contributed by atoms with Crippen LogP contribution in [0.15, 0.2) is 35.7 Å². The molecule has 0 aliphatic carbocycles. The molecule has 1 aromatic carbocycles. The number of nitrogen functional groups attached to an aromatic ring is 1. The summed E-state index contributed by atoms with van der Waals surface area (Å²) >= 11 is 5.85. The van der Waals surface area contributed by atoms with Crippen LogP contribution in [0.4, 0.5) is 16.2 Å². The Balaban J connectivity index is 1.79. The van der Waals surface area contributed by atoms with Gasteiger partial charge in [-0.05, 0) is 59.6 Å². The summed E-state index contributed by atoms with van der Waals surface area (Å²) in [5.74, 6) is -0.480. The quantitative estimate of drug-likeness (QED) is 0.237. The molecule has 0 saturated carbocycles. The molecule has 0 unspecified atom stereocenters. The number of benzene rings is 1. The van der Waals surface area contributed by atoms with Crippen LogP contribution in [0.1, 0.15) is 64.4 Å². The molecule has 0 radical (unpaired) electrons. The number of rotatable bonds is 6. The SMILES string of the molecule is CC(C)(C)OC(=O)N1CCC(N=Cc2cc(NC(=O)C(=CN)c3ncc(Cl)cn3)c(C(C)(C)O)cc2N)CC1. The molecule has 2 heterocycles. The third-order valence-electron chi connectivity index (χ3n) is 5.94. The van der Waals surface area contributed by atoms with Crippen LogP contribution in [0.3, 0.4) is 0 Å². The van der Waals surface area contributed by atoms with E-state index in [1.54, 1.807) is 37.1 Å². The first-order chi connectivity index (χ1) is 18.2. The number of nitrogens with zero attached hydrogens (tertiary/aromatic N) is 4. The van der Waals surface area contributed by atoms with Crippen molar-refractivity contribution < 1.29 is 19.4 Å². The van der Waals surface area contributed by atoms with Gasteiger partial charge in [0.2, 0.25) is 0 Å². The summed E-state index contributed by atoms with van der Waals surface area (Å²) in [5, 5.41) is 13.9. The molecule has 0 atom stereocenters. The van der Waals surface area contributed by atoms with Crippen molar-refractivity contribution in [1.29, 1.82) is 0 Å². The fourth-order valence-corrected chi connectivity index (χ4v) is 4.05. The molecule has 12 heteroatoms. The minimum atomic E-state index is -1.32. The predicted molar refractivity (Wildman–Crippen MR) is 152 cm³/mol. The van der Waals surface area contributed by atoms with E-state index in [1.165, 1.54) is 12.4 Å². The van der Waals surface area contributed by atoms with E-state index in [9.17, 15) is 14.7 Å². The van der Waals surface area contributed by atoms with Crippen molar-refractivity contribution in [2.45, 2.75) is 64.7 Å². The first-order valence-electron chi connectivity index (χ1n) is 12.6. The molecule has 11 nitrogen and oxygen atoms in total. The summed E-state index contributed by atoms with van der Waals surface area (Å²) in [6.45, 7) is 9.76. The zero-order valence-corrected chi connectivity index (χ0v) is 23.6. The fourth-order valence-electron chi connectivity index (χ4n) is 3.96. The number of piperidine rings is 1. The van der Waals surface area contributed by atoms with Crippen molar-refractivity contribution >= 4 is 46.8 Å². The molecule has 6 N–H and O–H groups in total. The topological polar surface area (TPSA) is 169 Å². The second kappa shape index (κ2) is 12.0. The Morgan fingerprint density at radius 1 is 1.18 bits per heavy atom. The number of anilines is 2.